The van der Waals surface area contributed by atoms with Gasteiger partial charge >= 0.3 is 0 Å². The monoisotopic (exact) mass is 324 g/mol. The Balaban J connectivity index is 0.00000242. The number of hydrogen-bond donors (Lipinski definition) is 2. The van der Waals surface area contributed by atoms with Crippen LogP contribution in [0.2, 0.25) is 0 Å². The Morgan fingerprint density at radius 1 is 1.23 bits per heavy atom. The SMILES string of the molecule is Cc1ccc(N)cc1C(=O)NC1CCCCC1C(C)(C)C.Cl. The van der Waals surface area contributed by atoms with Crippen LogP contribution < -0.4 is 11.1 Å². The summed E-state index contributed by atoms with van der Waals surface area (Å²) < 4.78 is 0. The van der Waals surface area contributed by atoms with Crippen LogP contribution in [0.5, 0.6) is 0 Å². The molecule has 0 saturated heterocycles. The summed E-state index contributed by atoms with van der Waals surface area (Å²) in [5, 5.41) is 3.27. The second-order valence-corrected chi connectivity index (χ2v) is 7.41. The van der Waals surface area contributed by atoms with Crippen molar-refractivity contribution in [3.8, 4) is 0 Å². The molecule has 1 aromatic rings. The lowest BCUT2D eigenvalue weighted by Crippen LogP contribution is -2.46. The highest BCUT2D eigenvalue weighted by atomic mass is 35.5. The highest BCUT2D eigenvalue weighted by Crippen LogP contribution is 2.38. The Kier molecular flexibility index (Phi) is 6.30. The number of hydrogen-bond acceptors (Lipinski definition) is 2. The van der Waals surface area contributed by atoms with Crippen LogP contribution in [0.1, 0.15) is 62.4 Å². The molecule has 124 valence electrons. The van der Waals surface area contributed by atoms with Crippen molar-refractivity contribution < 1.29 is 4.79 Å². The quantitative estimate of drug-likeness (QED) is 0.795. The zero-order chi connectivity index (χ0) is 15.6. The lowest BCUT2D eigenvalue weighted by molar-refractivity contribution is 0.0829. The van der Waals surface area contributed by atoms with Gasteiger partial charge in [-0.2, -0.15) is 0 Å². The fourth-order valence-corrected chi connectivity index (χ4v) is 3.47. The van der Waals surface area contributed by atoms with E-state index in [4.69, 9.17) is 5.73 Å². The second kappa shape index (κ2) is 7.36. The normalized spacial score (nSPS) is 21.8. The van der Waals surface area contributed by atoms with Gasteiger partial charge in [0, 0.05) is 17.3 Å². The molecule has 3 N–H and O–H groups in total. The summed E-state index contributed by atoms with van der Waals surface area (Å²) in [6.07, 6.45) is 4.75. The molecule has 1 fully saturated rings. The summed E-state index contributed by atoms with van der Waals surface area (Å²) in [4.78, 5) is 12.6. The molecule has 0 radical (unpaired) electrons. The van der Waals surface area contributed by atoms with Gasteiger partial charge in [-0.1, -0.05) is 39.7 Å². The van der Waals surface area contributed by atoms with Crippen LogP contribution in [0, 0.1) is 18.3 Å². The Morgan fingerprint density at radius 3 is 2.50 bits per heavy atom. The van der Waals surface area contributed by atoms with Crippen molar-refractivity contribution in [1.29, 1.82) is 0 Å². The van der Waals surface area contributed by atoms with Crippen molar-refractivity contribution >= 4 is 24.0 Å². The van der Waals surface area contributed by atoms with E-state index in [9.17, 15) is 4.79 Å². The van der Waals surface area contributed by atoms with Gasteiger partial charge in [-0.15, -0.1) is 12.4 Å². The van der Waals surface area contributed by atoms with Gasteiger partial charge in [-0.05, 0) is 48.8 Å². The van der Waals surface area contributed by atoms with Crippen LogP contribution in [0.4, 0.5) is 5.69 Å². The maximum Gasteiger partial charge on any atom is 0.251 e. The third kappa shape index (κ3) is 4.39. The van der Waals surface area contributed by atoms with Crippen molar-refractivity contribution in [3.63, 3.8) is 0 Å². The first kappa shape index (κ1) is 18.8. The standard InChI is InChI=1S/C18H28N2O.ClH/c1-12-9-10-13(19)11-14(12)17(21)20-16-8-6-5-7-15(16)18(2,3)4;/h9-11,15-16H,5-8,19H2,1-4H3,(H,20,21);1H. The topological polar surface area (TPSA) is 55.1 Å². The van der Waals surface area contributed by atoms with Crippen LogP contribution in [-0.2, 0) is 0 Å². The summed E-state index contributed by atoms with van der Waals surface area (Å²) >= 11 is 0. The van der Waals surface area contributed by atoms with E-state index in [0.717, 1.165) is 12.0 Å². The largest absolute Gasteiger partial charge is 0.399 e. The van der Waals surface area contributed by atoms with E-state index in [1.165, 1.54) is 19.3 Å². The molecule has 0 aromatic heterocycles. The molecule has 0 aliphatic heterocycles. The average Bonchev–Trinajstić information content (AvgIpc) is 2.41. The van der Waals surface area contributed by atoms with E-state index >= 15 is 0 Å². The number of amides is 1. The van der Waals surface area contributed by atoms with Gasteiger partial charge in [0.15, 0.2) is 0 Å². The van der Waals surface area contributed by atoms with E-state index in [1.807, 2.05) is 19.1 Å². The number of nitrogen functional groups attached to an aromatic ring is 1. The molecule has 3 nitrogen and oxygen atoms in total. The molecule has 2 unspecified atom stereocenters. The highest BCUT2D eigenvalue weighted by Gasteiger charge is 2.35. The highest BCUT2D eigenvalue weighted by molar-refractivity contribution is 5.96. The van der Waals surface area contributed by atoms with E-state index in [-0.39, 0.29) is 29.8 Å². The Bertz CT molecular complexity index is 522. The molecule has 0 bridgehead atoms. The van der Waals surface area contributed by atoms with E-state index in [1.54, 1.807) is 6.07 Å². The molecule has 1 saturated carbocycles. The molecule has 22 heavy (non-hydrogen) atoms. The Labute approximate surface area is 140 Å². The molecule has 2 atom stereocenters. The molecule has 4 heteroatoms. The minimum Gasteiger partial charge on any atom is -0.399 e. The third-order valence-corrected chi connectivity index (χ3v) is 4.70. The van der Waals surface area contributed by atoms with Gasteiger partial charge in [-0.25, -0.2) is 0 Å². The predicted molar refractivity (Wildman–Crippen MR) is 95.5 cm³/mol. The van der Waals surface area contributed by atoms with Crippen LogP contribution in [-0.4, -0.2) is 11.9 Å². The first-order chi connectivity index (χ1) is 9.79. The molecular weight excluding hydrogens is 296 g/mol. The maximum atomic E-state index is 12.6. The molecule has 2 rings (SSSR count). The summed E-state index contributed by atoms with van der Waals surface area (Å²) in [5.41, 5.74) is 8.36. The predicted octanol–water partition coefficient (Wildman–Crippen LogP) is 4.33. The van der Waals surface area contributed by atoms with Crippen molar-refractivity contribution in [2.45, 2.75) is 59.4 Å². The van der Waals surface area contributed by atoms with E-state index in [0.29, 0.717) is 17.2 Å². The molecule has 0 heterocycles. The van der Waals surface area contributed by atoms with Gasteiger partial charge in [0.05, 0.1) is 0 Å². The second-order valence-electron chi connectivity index (χ2n) is 7.41. The lowest BCUT2D eigenvalue weighted by atomic mass is 9.69. The van der Waals surface area contributed by atoms with Crippen molar-refractivity contribution in [2.75, 3.05) is 5.73 Å². The number of anilines is 1. The van der Waals surface area contributed by atoms with Gasteiger partial charge in [0.25, 0.3) is 5.91 Å². The first-order valence-corrected chi connectivity index (χ1v) is 7.96. The minimum absolute atomic E-state index is 0. The minimum atomic E-state index is 0. The number of nitrogens with two attached hydrogens (primary N) is 1. The fourth-order valence-electron chi connectivity index (χ4n) is 3.47. The zero-order valence-corrected chi connectivity index (χ0v) is 14.9. The van der Waals surface area contributed by atoms with Gasteiger partial charge < -0.3 is 11.1 Å². The number of benzene rings is 1. The molecule has 1 aliphatic rings. The number of carbonyl (C=O) groups excluding carboxylic acids is 1. The number of rotatable bonds is 2. The molecule has 1 aromatic carbocycles. The number of aryl methyl sites for hydroxylation is 1. The average molecular weight is 325 g/mol. The van der Waals surface area contributed by atoms with Gasteiger partial charge in [0.1, 0.15) is 0 Å². The van der Waals surface area contributed by atoms with Crippen molar-refractivity contribution in [3.05, 3.63) is 29.3 Å². The molecule has 0 spiro atoms. The fraction of sp³-hybridized carbons (Fsp3) is 0.611. The van der Waals surface area contributed by atoms with Crippen LogP contribution >= 0.6 is 12.4 Å². The summed E-state index contributed by atoms with van der Waals surface area (Å²) in [5.74, 6) is 0.553. The summed E-state index contributed by atoms with van der Waals surface area (Å²) in [6.45, 7) is 8.77. The number of halogens is 1. The van der Waals surface area contributed by atoms with E-state index in [2.05, 4.69) is 26.1 Å². The smallest absolute Gasteiger partial charge is 0.251 e. The van der Waals surface area contributed by atoms with Crippen LogP contribution in [0.25, 0.3) is 0 Å². The summed E-state index contributed by atoms with van der Waals surface area (Å²) in [7, 11) is 0. The Hall–Kier alpha value is -1.22. The molecule has 1 amide bonds. The third-order valence-electron chi connectivity index (χ3n) is 4.70. The molecule has 1 aliphatic carbocycles. The van der Waals surface area contributed by atoms with Crippen molar-refractivity contribution in [1.82, 2.24) is 5.32 Å². The summed E-state index contributed by atoms with van der Waals surface area (Å²) in [6, 6.07) is 5.79. The van der Waals surface area contributed by atoms with Crippen LogP contribution in [0.15, 0.2) is 18.2 Å². The zero-order valence-electron chi connectivity index (χ0n) is 14.1. The lowest BCUT2D eigenvalue weighted by Gasteiger charge is -2.40. The Morgan fingerprint density at radius 2 is 1.86 bits per heavy atom. The van der Waals surface area contributed by atoms with E-state index < -0.39 is 0 Å². The molecular formula is C18H29ClN2O. The first-order valence-electron chi connectivity index (χ1n) is 7.96. The number of nitrogens with one attached hydrogen (secondary N) is 1. The van der Waals surface area contributed by atoms with Crippen LogP contribution in [0.3, 0.4) is 0 Å². The van der Waals surface area contributed by atoms with Gasteiger partial charge in [0.2, 0.25) is 0 Å². The van der Waals surface area contributed by atoms with Gasteiger partial charge in [-0.3, -0.25) is 4.79 Å². The number of carbonyl (C=O) groups is 1. The maximum absolute atomic E-state index is 12.6. The van der Waals surface area contributed by atoms with Crippen molar-refractivity contribution in [2.24, 2.45) is 11.3 Å².